The van der Waals surface area contributed by atoms with Crippen molar-refractivity contribution < 1.29 is 13.2 Å². The minimum absolute atomic E-state index is 0.0122. The number of hydrogen-bond acceptors (Lipinski definition) is 4. The van der Waals surface area contributed by atoms with Gasteiger partial charge in [0.2, 0.25) is 0 Å². The Morgan fingerprint density at radius 3 is 2.78 bits per heavy atom. The molecule has 2 aliphatic rings. The van der Waals surface area contributed by atoms with Gasteiger partial charge in [-0.2, -0.15) is 0 Å². The van der Waals surface area contributed by atoms with Crippen molar-refractivity contribution >= 4 is 32.3 Å². The van der Waals surface area contributed by atoms with Crippen LogP contribution in [0, 0.1) is 5.92 Å². The lowest BCUT2D eigenvalue weighted by Gasteiger charge is -2.28. The molecule has 94 valence electrons. The van der Waals surface area contributed by atoms with Crippen LogP contribution in [0.3, 0.4) is 0 Å². The van der Waals surface area contributed by atoms with Crippen molar-refractivity contribution in [3.05, 3.63) is 35.4 Å². The topological polar surface area (TPSA) is 51.2 Å². The zero-order valence-corrected chi connectivity index (χ0v) is 11.5. The zero-order chi connectivity index (χ0) is 12.9. The van der Waals surface area contributed by atoms with E-state index in [1.54, 1.807) is 30.0 Å². The van der Waals surface area contributed by atoms with E-state index in [2.05, 4.69) is 0 Å². The van der Waals surface area contributed by atoms with Gasteiger partial charge in [-0.3, -0.25) is 4.79 Å². The molecule has 1 aromatic rings. The Bertz CT molecular complexity index is 671. The number of carbonyl (C=O) groups excluding carboxylic acids is 1. The summed E-state index contributed by atoms with van der Waals surface area (Å²) in [6.45, 7) is 1.85. The van der Waals surface area contributed by atoms with E-state index in [-0.39, 0.29) is 17.5 Å². The second-order valence-corrected chi connectivity index (χ2v) is 7.63. The molecule has 0 fully saturated rings. The van der Waals surface area contributed by atoms with E-state index in [4.69, 9.17) is 0 Å². The molecule has 0 spiro atoms. The highest BCUT2D eigenvalue weighted by molar-refractivity contribution is 8.08. The minimum Gasteiger partial charge on any atom is -0.294 e. The summed E-state index contributed by atoms with van der Waals surface area (Å²) in [5.74, 6) is 0.484. The minimum atomic E-state index is -3.36. The predicted molar refractivity (Wildman–Crippen MR) is 72.0 cm³/mol. The molecule has 0 aromatic heterocycles. The Morgan fingerprint density at radius 2 is 2.00 bits per heavy atom. The van der Waals surface area contributed by atoms with Crippen LogP contribution in [-0.2, 0) is 14.6 Å². The van der Waals surface area contributed by atoms with Crippen molar-refractivity contribution in [3.63, 3.8) is 0 Å². The number of Topliss-reactive ketones (excluding diaryl/α,β-unsaturated/α-hetero) is 1. The van der Waals surface area contributed by atoms with E-state index in [0.717, 1.165) is 10.7 Å². The van der Waals surface area contributed by atoms with Crippen LogP contribution < -0.4 is 0 Å². The Morgan fingerprint density at radius 1 is 1.28 bits per heavy atom. The molecule has 0 aliphatic carbocycles. The van der Waals surface area contributed by atoms with Crippen LogP contribution in [0.2, 0.25) is 0 Å². The van der Waals surface area contributed by atoms with Crippen LogP contribution in [0.4, 0.5) is 0 Å². The van der Waals surface area contributed by atoms with E-state index in [1.807, 2.05) is 13.0 Å². The number of ketones is 1. The average molecular weight is 280 g/mol. The van der Waals surface area contributed by atoms with Crippen molar-refractivity contribution in [2.75, 3.05) is 11.5 Å². The third-order valence-electron chi connectivity index (χ3n) is 3.30. The summed E-state index contributed by atoms with van der Waals surface area (Å²) in [4.78, 5) is 13.3. The summed E-state index contributed by atoms with van der Waals surface area (Å²) in [5.41, 5.74) is 1.18. The normalized spacial score (nSPS) is 25.6. The van der Waals surface area contributed by atoms with Crippen LogP contribution >= 0.6 is 11.8 Å². The maximum atomic E-state index is 12.2. The van der Waals surface area contributed by atoms with Crippen molar-refractivity contribution in [3.8, 4) is 0 Å². The first-order chi connectivity index (χ1) is 8.50. The maximum absolute atomic E-state index is 12.2. The van der Waals surface area contributed by atoms with Gasteiger partial charge in [0, 0.05) is 27.7 Å². The number of rotatable bonds is 0. The molecule has 0 saturated carbocycles. The molecule has 0 bridgehead atoms. The fourth-order valence-electron chi connectivity index (χ4n) is 2.35. The summed E-state index contributed by atoms with van der Waals surface area (Å²) < 4.78 is 24.4. The summed E-state index contributed by atoms with van der Waals surface area (Å²) in [6, 6.07) is 6.95. The van der Waals surface area contributed by atoms with Crippen molar-refractivity contribution in [1.82, 2.24) is 0 Å². The van der Waals surface area contributed by atoms with E-state index in [0.29, 0.717) is 16.0 Å². The highest BCUT2D eigenvalue weighted by Crippen LogP contribution is 2.44. The Hall–Kier alpha value is -1.07. The molecular formula is C13H12O3S2. The molecular weight excluding hydrogens is 268 g/mol. The number of hydrogen-bond donors (Lipinski definition) is 0. The van der Waals surface area contributed by atoms with Gasteiger partial charge in [0.25, 0.3) is 0 Å². The Balaban J connectivity index is 2.29. The number of sulfone groups is 1. The van der Waals surface area contributed by atoms with Crippen LogP contribution in [-0.4, -0.2) is 25.7 Å². The maximum Gasteiger partial charge on any atom is 0.183 e. The van der Waals surface area contributed by atoms with Gasteiger partial charge in [0.05, 0.1) is 10.6 Å². The highest BCUT2D eigenvalue weighted by Gasteiger charge is 2.37. The zero-order valence-electron chi connectivity index (χ0n) is 9.84. The smallest absolute Gasteiger partial charge is 0.183 e. The van der Waals surface area contributed by atoms with Gasteiger partial charge in [-0.05, 0) is 6.07 Å². The molecule has 2 aliphatic heterocycles. The van der Waals surface area contributed by atoms with Crippen molar-refractivity contribution in [2.45, 2.75) is 11.8 Å². The lowest BCUT2D eigenvalue weighted by atomic mass is 9.98. The van der Waals surface area contributed by atoms with Gasteiger partial charge in [-0.25, -0.2) is 8.42 Å². The van der Waals surface area contributed by atoms with Gasteiger partial charge >= 0.3 is 0 Å². The van der Waals surface area contributed by atoms with Crippen molar-refractivity contribution in [1.29, 1.82) is 0 Å². The second-order valence-electron chi connectivity index (χ2n) is 4.64. The molecule has 0 N–H and O–H groups in total. The standard InChI is InChI=1S/C13H12O3S2/c1-8-6-17-13-9-4-2-3-5-11(9)18(15,16)7-10(13)12(8)14/h2-5,8H,6-7H2,1H3. The van der Waals surface area contributed by atoms with Gasteiger partial charge in [-0.15, -0.1) is 11.8 Å². The number of fused-ring (bicyclic) bond motifs is 2. The van der Waals surface area contributed by atoms with Gasteiger partial charge in [-0.1, -0.05) is 25.1 Å². The SMILES string of the molecule is CC1CSC2=C(CS(=O)(=O)c3ccccc32)C1=O. The molecule has 0 amide bonds. The van der Waals surface area contributed by atoms with Gasteiger partial charge < -0.3 is 0 Å². The molecule has 0 saturated heterocycles. The van der Waals surface area contributed by atoms with E-state index in [9.17, 15) is 13.2 Å². The predicted octanol–water partition coefficient (Wildman–Crippen LogP) is 2.14. The van der Waals surface area contributed by atoms with Crippen LogP contribution in [0.1, 0.15) is 12.5 Å². The van der Waals surface area contributed by atoms with Crippen molar-refractivity contribution in [2.24, 2.45) is 5.92 Å². The molecule has 0 radical (unpaired) electrons. The summed E-state index contributed by atoms with van der Waals surface area (Å²) in [7, 11) is -3.36. The third kappa shape index (κ3) is 1.65. The summed E-state index contributed by atoms with van der Waals surface area (Å²) >= 11 is 1.60. The van der Waals surface area contributed by atoms with Gasteiger partial charge in [0.1, 0.15) is 0 Å². The Kier molecular flexibility index (Phi) is 2.64. The molecule has 5 heteroatoms. The molecule has 1 atom stereocenters. The number of carbonyl (C=O) groups is 1. The third-order valence-corrected chi connectivity index (χ3v) is 6.41. The fraction of sp³-hybridized carbons (Fsp3) is 0.308. The van der Waals surface area contributed by atoms with E-state index >= 15 is 0 Å². The first-order valence-electron chi connectivity index (χ1n) is 5.73. The van der Waals surface area contributed by atoms with Gasteiger partial charge in [0.15, 0.2) is 15.6 Å². The summed E-state index contributed by atoms with van der Waals surface area (Å²) in [5, 5.41) is 0. The fourth-order valence-corrected chi connectivity index (χ4v) is 5.37. The average Bonchev–Trinajstić information content (AvgIpc) is 2.35. The van der Waals surface area contributed by atoms with E-state index in [1.165, 1.54) is 0 Å². The molecule has 1 unspecified atom stereocenters. The lowest BCUT2D eigenvalue weighted by molar-refractivity contribution is -0.118. The first kappa shape index (κ1) is 12.0. The first-order valence-corrected chi connectivity index (χ1v) is 8.37. The number of thioether (sulfide) groups is 1. The second kappa shape index (κ2) is 3.96. The molecule has 1 aromatic carbocycles. The quantitative estimate of drug-likeness (QED) is 0.730. The van der Waals surface area contributed by atoms with Crippen LogP contribution in [0.25, 0.3) is 4.91 Å². The monoisotopic (exact) mass is 280 g/mol. The molecule has 18 heavy (non-hydrogen) atoms. The van der Waals surface area contributed by atoms with Crippen LogP contribution in [0.5, 0.6) is 0 Å². The lowest BCUT2D eigenvalue weighted by Crippen LogP contribution is -2.29. The highest BCUT2D eigenvalue weighted by atomic mass is 32.2. The molecule has 2 heterocycles. The number of benzene rings is 1. The molecule has 3 rings (SSSR count). The van der Waals surface area contributed by atoms with Crippen LogP contribution in [0.15, 0.2) is 34.7 Å². The van der Waals surface area contributed by atoms with E-state index < -0.39 is 9.84 Å². The largest absolute Gasteiger partial charge is 0.294 e. The molecule has 3 nitrogen and oxygen atoms in total. The Labute approximate surface area is 110 Å². The summed E-state index contributed by atoms with van der Waals surface area (Å²) in [6.07, 6.45) is 0.